The molecule has 0 saturated heterocycles. The van der Waals surface area contributed by atoms with E-state index in [1.807, 2.05) is 0 Å². The molecule has 0 aromatic carbocycles. The minimum Gasteiger partial charge on any atom is -0.354 e. The van der Waals surface area contributed by atoms with E-state index in [-0.39, 0.29) is 16.9 Å². The molecular weight excluding hydrogens is 308 g/mol. The topological polar surface area (TPSA) is 94.9 Å². The van der Waals surface area contributed by atoms with Crippen molar-refractivity contribution in [1.29, 1.82) is 0 Å². The highest BCUT2D eigenvalue weighted by Crippen LogP contribution is 2.28. The van der Waals surface area contributed by atoms with Crippen molar-refractivity contribution in [3.05, 3.63) is 72.3 Å². The summed E-state index contributed by atoms with van der Waals surface area (Å²) in [6.45, 7) is 0. The summed E-state index contributed by atoms with van der Waals surface area (Å²) >= 11 is 0. The molecule has 0 fully saturated rings. The molecule has 0 aliphatic heterocycles. The molecule has 0 N–H and O–H groups in total. The monoisotopic (exact) mass is 318 g/mol. The highest BCUT2D eigenvalue weighted by atomic mass is 16.5. The lowest BCUT2D eigenvalue weighted by molar-refractivity contribution is 0.103. The van der Waals surface area contributed by atoms with Gasteiger partial charge >= 0.3 is 0 Å². The minimum atomic E-state index is -0.321. The summed E-state index contributed by atoms with van der Waals surface area (Å²) in [5.41, 5.74) is 1.62. The van der Waals surface area contributed by atoms with Gasteiger partial charge < -0.3 is 9.05 Å². The minimum absolute atomic E-state index is 0.286. The molecule has 4 aromatic rings. The fourth-order valence-electron chi connectivity index (χ4n) is 2.31. The van der Waals surface area contributed by atoms with Gasteiger partial charge in [0, 0.05) is 12.4 Å². The van der Waals surface area contributed by atoms with E-state index in [4.69, 9.17) is 9.05 Å². The van der Waals surface area contributed by atoms with Gasteiger partial charge in [-0.05, 0) is 24.3 Å². The highest BCUT2D eigenvalue weighted by molar-refractivity contribution is 6.14. The van der Waals surface area contributed by atoms with Gasteiger partial charge in [0.25, 0.3) is 0 Å². The van der Waals surface area contributed by atoms with Gasteiger partial charge in [0.1, 0.15) is 11.4 Å². The van der Waals surface area contributed by atoms with Crippen molar-refractivity contribution in [3.8, 4) is 22.9 Å². The standard InChI is InChI=1S/C17H10N4O3/c22-15(11-9-20-23-16(11)13-5-1-3-7-18-13)12-10-21-24-17(12)14-6-2-4-8-19-14/h1-10H. The fraction of sp³-hybridized carbons (Fsp3) is 0. The molecule has 0 saturated carbocycles. The van der Waals surface area contributed by atoms with Crippen LogP contribution in [0, 0.1) is 0 Å². The molecule has 4 heterocycles. The maximum absolute atomic E-state index is 12.9. The predicted octanol–water partition coefficient (Wildman–Crippen LogP) is 3.02. The van der Waals surface area contributed by atoms with Gasteiger partial charge in [0.05, 0.1) is 23.5 Å². The first-order valence-corrected chi connectivity index (χ1v) is 7.11. The van der Waals surface area contributed by atoms with Crippen molar-refractivity contribution in [2.24, 2.45) is 0 Å². The second-order valence-corrected chi connectivity index (χ2v) is 4.90. The van der Waals surface area contributed by atoms with Crippen molar-refractivity contribution >= 4 is 5.78 Å². The van der Waals surface area contributed by atoms with Gasteiger partial charge in [-0.2, -0.15) is 0 Å². The van der Waals surface area contributed by atoms with Gasteiger partial charge in [0.15, 0.2) is 11.5 Å². The van der Waals surface area contributed by atoms with Crippen LogP contribution in [0.25, 0.3) is 22.9 Å². The summed E-state index contributed by atoms with van der Waals surface area (Å²) in [5.74, 6) is 0.279. The number of ketones is 1. The van der Waals surface area contributed by atoms with E-state index < -0.39 is 0 Å². The maximum Gasteiger partial charge on any atom is 0.204 e. The van der Waals surface area contributed by atoms with Crippen LogP contribution in [-0.2, 0) is 0 Å². The zero-order valence-corrected chi connectivity index (χ0v) is 12.3. The Labute approximate surface area is 135 Å². The number of nitrogens with zero attached hydrogens (tertiary/aromatic N) is 4. The number of carbonyl (C=O) groups is 1. The van der Waals surface area contributed by atoms with Gasteiger partial charge in [-0.25, -0.2) is 0 Å². The van der Waals surface area contributed by atoms with Crippen LogP contribution >= 0.6 is 0 Å². The smallest absolute Gasteiger partial charge is 0.204 e. The van der Waals surface area contributed by atoms with Crippen molar-refractivity contribution < 1.29 is 13.8 Å². The first-order valence-electron chi connectivity index (χ1n) is 7.11. The van der Waals surface area contributed by atoms with Crippen molar-refractivity contribution in [1.82, 2.24) is 20.3 Å². The Bertz CT molecular complexity index is 898. The summed E-state index contributed by atoms with van der Waals surface area (Å²) < 4.78 is 10.4. The van der Waals surface area contributed by atoms with E-state index in [1.165, 1.54) is 12.4 Å². The zero-order chi connectivity index (χ0) is 16.4. The molecule has 7 nitrogen and oxygen atoms in total. The molecule has 0 atom stereocenters. The first kappa shape index (κ1) is 14.0. The van der Waals surface area contributed by atoms with Crippen LogP contribution in [0.5, 0.6) is 0 Å². The Hall–Kier alpha value is -3.61. The summed E-state index contributed by atoms with van der Waals surface area (Å²) in [7, 11) is 0. The number of hydrogen-bond acceptors (Lipinski definition) is 7. The number of hydrogen-bond donors (Lipinski definition) is 0. The molecule has 0 aliphatic rings. The van der Waals surface area contributed by atoms with E-state index in [1.54, 1.807) is 48.8 Å². The molecular formula is C17H10N4O3. The summed E-state index contributed by atoms with van der Waals surface area (Å²) in [6.07, 6.45) is 5.96. The van der Waals surface area contributed by atoms with Crippen molar-refractivity contribution in [3.63, 3.8) is 0 Å². The summed E-state index contributed by atoms with van der Waals surface area (Å²) in [4.78, 5) is 21.3. The van der Waals surface area contributed by atoms with Gasteiger partial charge in [0.2, 0.25) is 5.78 Å². The quantitative estimate of drug-likeness (QED) is 0.534. The first-order chi connectivity index (χ1) is 11.8. The SMILES string of the molecule is O=C(c1cnoc1-c1ccccn1)c1cnoc1-c1ccccn1. The van der Waals surface area contributed by atoms with Crippen LogP contribution in [0.2, 0.25) is 0 Å². The van der Waals surface area contributed by atoms with Crippen LogP contribution < -0.4 is 0 Å². The fourth-order valence-corrected chi connectivity index (χ4v) is 2.31. The zero-order valence-electron chi connectivity index (χ0n) is 12.3. The normalized spacial score (nSPS) is 10.7. The summed E-state index contributed by atoms with van der Waals surface area (Å²) in [5, 5.41) is 7.46. The Kier molecular flexibility index (Phi) is 3.43. The molecule has 0 unspecified atom stereocenters. The van der Waals surface area contributed by atoms with E-state index >= 15 is 0 Å². The van der Waals surface area contributed by atoms with E-state index in [0.717, 1.165) is 0 Å². The predicted molar refractivity (Wildman–Crippen MR) is 82.9 cm³/mol. The number of pyridine rings is 2. The average Bonchev–Trinajstić information content (AvgIpc) is 3.32. The van der Waals surface area contributed by atoms with Crippen LogP contribution in [0.15, 0.2) is 70.2 Å². The molecule has 0 radical (unpaired) electrons. The largest absolute Gasteiger partial charge is 0.354 e. The lowest BCUT2D eigenvalue weighted by Crippen LogP contribution is -2.02. The second kappa shape index (κ2) is 5.88. The average molecular weight is 318 g/mol. The molecule has 4 aromatic heterocycles. The Morgan fingerprint density at radius 3 is 1.67 bits per heavy atom. The third-order valence-corrected chi connectivity index (χ3v) is 3.43. The molecule has 0 amide bonds. The van der Waals surface area contributed by atoms with Crippen LogP contribution in [-0.4, -0.2) is 26.1 Å². The molecule has 7 heteroatoms. The molecule has 0 aliphatic carbocycles. The lowest BCUT2D eigenvalue weighted by atomic mass is 10.0. The van der Waals surface area contributed by atoms with Crippen LogP contribution in [0.3, 0.4) is 0 Å². The second-order valence-electron chi connectivity index (χ2n) is 4.90. The maximum atomic E-state index is 12.9. The molecule has 4 rings (SSSR count). The van der Waals surface area contributed by atoms with Crippen molar-refractivity contribution in [2.75, 3.05) is 0 Å². The molecule has 0 bridgehead atoms. The Morgan fingerprint density at radius 2 is 1.25 bits per heavy atom. The number of rotatable bonds is 4. The molecule has 116 valence electrons. The van der Waals surface area contributed by atoms with Gasteiger partial charge in [-0.1, -0.05) is 22.4 Å². The number of aromatic nitrogens is 4. The Balaban J connectivity index is 1.78. The van der Waals surface area contributed by atoms with Crippen LogP contribution in [0.1, 0.15) is 15.9 Å². The third-order valence-electron chi connectivity index (χ3n) is 3.43. The molecule has 24 heavy (non-hydrogen) atoms. The lowest BCUT2D eigenvalue weighted by Gasteiger charge is -2.00. The number of carbonyl (C=O) groups excluding carboxylic acids is 1. The van der Waals surface area contributed by atoms with Crippen LogP contribution in [0.4, 0.5) is 0 Å². The van der Waals surface area contributed by atoms with E-state index in [2.05, 4.69) is 20.3 Å². The van der Waals surface area contributed by atoms with E-state index in [0.29, 0.717) is 22.9 Å². The van der Waals surface area contributed by atoms with E-state index in [9.17, 15) is 4.79 Å². The molecule has 0 spiro atoms. The third kappa shape index (κ3) is 2.38. The summed E-state index contributed by atoms with van der Waals surface area (Å²) in [6, 6.07) is 10.6. The van der Waals surface area contributed by atoms with Crippen molar-refractivity contribution in [2.45, 2.75) is 0 Å². The van der Waals surface area contributed by atoms with Gasteiger partial charge in [-0.3, -0.25) is 14.8 Å². The highest BCUT2D eigenvalue weighted by Gasteiger charge is 2.25. The Morgan fingerprint density at radius 1 is 0.750 bits per heavy atom. The van der Waals surface area contributed by atoms with Gasteiger partial charge in [-0.15, -0.1) is 0 Å².